The van der Waals surface area contributed by atoms with E-state index in [-0.39, 0.29) is 43.9 Å². The fourth-order valence-electron chi connectivity index (χ4n) is 4.35. The molecule has 1 saturated heterocycles. The van der Waals surface area contributed by atoms with Crippen molar-refractivity contribution in [2.45, 2.75) is 69.1 Å². The number of aromatic hydroxyl groups is 1. The van der Waals surface area contributed by atoms with Gasteiger partial charge in [0, 0.05) is 13.0 Å². The number of rotatable bonds is 12. The minimum Gasteiger partial charge on any atom is -0.508 e. The Morgan fingerprint density at radius 3 is 1.98 bits per heavy atom. The number of guanidine groups is 1. The van der Waals surface area contributed by atoms with Crippen LogP contribution in [-0.4, -0.2) is 95.5 Å². The summed E-state index contributed by atoms with van der Waals surface area (Å²) in [5, 5.41) is 31.4. The summed E-state index contributed by atoms with van der Waals surface area (Å²) in [5.41, 5.74) is 16.8. The normalized spacial score (nSPS) is 21.8. The van der Waals surface area contributed by atoms with E-state index < -0.39 is 72.6 Å². The van der Waals surface area contributed by atoms with Crippen LogP contribution in [0, 0.1) is 0 Å². The average Bonchev–Trinajstić information content (AvgIpc) is 2.96. The van der Waals surface area contributed by atoms with E-state index in [1.807, 2.05) is 0 Å². The van der Waals surface area contributed by atoms with E-state index in [1.165, 1.54) is 24.3 Å². The molecule has 17 nitrogen and oxygen atoms in total. The molecule has 44 heavy (non-hydrogen) atoms. The Bertz CT molecular complexity index is 1200. The van der Waals surface area contributed by atoms with Crippen molar-refractivity contribution in [3.05, 3.63) is 29.8 Å². The number of phenols is 1. The molecule has 17 heteroatoms. The highest BCUT2D eigenvalue weighted by Crippen LogP contribution is 2.13. The standard InChI is InChI=1S/C27H41N9O8/c28-10-2-1-4-18-24(42)34-17(5-3-11-31-27(29)30)23(41)32-14-21(38)33-20(13-22(39)40)26(44)36-19(25(43)35-18)12-15-6-8-16(37)9-7-15/h6-9,17-20,37H,1-5,10-14,28H2,(H,32,41)(H,33,38)(H,34,42)(H,35,43)(H,36,44)(H,39,40)(H4,29,30,31)/t17-,18-,19+,20-/m1/s1. The maximum absolute atomic E-state index is 13.6. The number of carbonyl (C=O) groups is 6. The van der Waals surface area contributed by atoms with Crippen molar-refractivity contribution in [3.8, 4) is 5.75 Å². The van der Waals surface area contributed by atoms with Crippen molar-refractivity contribution in [2.75, 3.05) is 19.6 Å². The zero-order valence-electron chi connectivity index (χ0n) is 24.2. The second-order valence-electron chi connectivity index (χ2n) is 10.2. The Balaban J connectivity index is 2.45. The molecule has 4 atom stereocenters. The molecule has 242 valence electrons. The van der Waals surface area contributed by atoms with Gasteiger partial charge in [0.25, 0.3) is 0 Å². The van der Waals surface area contributed by atoms with Crippen LogP contribution in [0.4, 0.5) is 0 Å². The van der Waals surface area contributed by atoms with Crippen LogP contribution in [0.5, 0.6) is 5.75 Å². The highest BCUT2D eigenvalue weighted by Gasteiger charge is 2.33. The van der Waals surface area contributed by atoms with Gasteiger partial charge in [0.1, 0.15) is 29.9 Å². The van der Waals surface area contributed by atoms with E-state index in [9.17, 15) is 39.0 Å². The third-order valence-corrected chi connectivity index (χ3v) is 6.62. The van der Waals surface area contributed by atoms with Crippen LogP contribution in [0.15, 0.2) is 29.3 Å². The number of aliphatic imine (C=N–C) groups is 1. The number of phenolic OH excluding ortho intramolecular Hbond substituents is 1. The van der Waals surface area contributed by atoms with Crippen LogP contribution in [0.1, 0.15) is 44.1 Å². The number of nitrogens with one attached hydrogen (secondary N) is 5. The van der Waals surface area contributed by atoms with Crippen LogP contribution >= 0.6 is 0 Å². The molecule has 1 aliphatic heterocycles. The summed E-state index contributed by atoms with van der Waals surface area (Å²) in [5.74, 6) is -5.62. The van der Waals surface area contributed by atoms with Gasteiger partial charge in [-0.25, -0.2) is 0 Å². The molecule has 5 amide bonds. The zero-order valence-corrected chi connectivity index (χ0v) is 24.2. The maximum atomic E-state index is 13.6. The summed E-state index contributed by atoms with van der Waals surface area (Å²) in [6.45, 7) is -0.136. The highest BCUT2D eigenvalue weighted by atomic mass is 16.4. The van der Waals surface area contributed by atoms with E-state index in [2.05, 4.69) is 31.6 Å². The van der Waals surface area contributed by atoms with Gasteiger partial charge in [0.15, 0.2) is 5.96 Å². The molecule has 0 unspecified atom stereocenters. The van der Waals surface area contributed by atoms with Crippen LogP contribution in [0.25, 0.3) is 0 Å². The Kier molecular flexibility index (Phi) is 14.3. The molecule has 13 N–H and O–H groups in total. The lowest BCUT2D eigenvalue weighted by Crippen LogP contribution is -2.58. The summed E-state index contributed by atoms with van der Waals surface area (Å²) >= 11 is 0. The summed E-state index contributed by atoms with van der Waals surface area (Å²) in [7, 11) is 0. The van der Waals surface area contributed by atoms with Crippen molar-refractivity contribution in [2.24, 2.45) is 22.2 Å². The van der Waals surface area contributed by atoms with Gasteiger partial charge in [-0.2, -0.15) is 0 Å². The molecule has 0 aliphatic carbocycles. The number of nitrogens with two attached hydrogens (primary N) is 3. The minimum absolute atomic E-state index is 0.0267. The number of hydrogen-bond donors (Lipinski definition) is 10. The number of hydrogen-bond acceptors (Lipinski definition) is 9. The molecule has 0 aromatic heterocycles. The molecule has 0 radical (unpaired) electrons. The number of nitrogens with zero attached hydrogens (tertiary/aromatic N) is 1. The number of benzene rings is 1. The first-order chi connectivity index (χ1) is 20.9. The Hall–Kier alpha value is -4.93. The molecular weight excluding hydrogens is 578 g/mol. The number of carboxylic acids is 1. The van der Waals surface area contributed by atoms with Gasteiger partial charge < -0.3 is 54.0 Å². The van der Waals surface area contributed by atoms with Crippen LogP contribution in [0.3, 0.4) is 0 Å². The molecule has 1 aliphatic rings. The average molecular weight is 620 g/mol. The lowest BCUT2D eigenvalue weighted by molar-refractivity contribution is -0.141. The fraction of sp³-hybridized carbons (Fsp3) is 0.519. The highest BCUT2D eigenvalue weighted by molar-refractivity contribution is 5.98. The van der Waals surface area contributed by atoms with Gasteiger partial charge >= 0.3 is 5.97 Å². The van der Waals surface area contributed by atoms with Crippen molar-refractivity contribution in [1.82, 2.24) is 26.6 Å². The van der Waals surface area contributed by atoms with E-state index in [0.717, 1.165) is 0 Å². The second-order valence-corrected chi connectivity index (χ2v) is 10.2. The summed E-state index contributed by atoms with van der Waals surface area (Å²) in [6.07, 6.45) is 0.582. The summed E-state index contributed by atoms with van der Waals surface area (Å²) < 4.78 is 0. The molecule has 1 heterocycles. The van der Waals surface area contributed by atoms with Gasteiger partial charge in [-0.05, 0) is 56.3 Å². The molecule has 1 aromatic rings. The molecule has 0 spiro atoms. The van der Waals surface area contributed by atoms with Crippen molar-refractivity contribution in [3.63, 3.8) is 0 Å². The van der Waals surface area contributed by atoms with Gasteiger partial charge in [0.2, 0.25) is 29.5 Å². The Labute approximate surface area is 253 Å². The van der Waals surface area contributed by atoms with E-state index in [1.54, 1.807) is 0 Å². The van der Waals surface area contributed by atoms with Crippen molar-refractivity contribution in [1.29, 1.82) is 0 Å². The van der Waals surface area contributed by atoms with Crippen molar-refractivity contribution < 1.29 is 39.0 Å². The zero-order chi connectivity index (χ0) is 32.6. The molecule has 0 bridgehead atoms. The fourth-order valence-corrected chi connectivity index (χ4v) is 4.35. The number of amides is 5. The first-order valence-corrected chi connectivity index (χ1v) is 14.1. The van der Waals surface area contributed by atoms with Crippen LogP contribution in [-0.2, 0) is 35.2 Å². The Morgan fingerprint density at radius 2 is 1.36 bits per heavy atom. The second kappa shape index (κ2) is 17.9. The number of carbonyl (C=O) groups excluding carboxylic acids is 5. The molecule has 0 saturated carbocycles. The first-order valence-electron chi connectivity index (χ1n) is 14.1. The lowest BCUT2D eigenvalue weighted by Gasteiger charge is -2.26. The molecular formula is C27H41N9O8. The van der Waals surface area contributed by atoms with Crippen LogP contribution in [0.2, 0.25) is 0 Å². The topological polar surface area (TPSA) is 293 Å². The molecule has 1 aromatic carbocycles. The number of aliphatic carboxylic acids is 1. The smallest absolute Gasteiger partial charge is 0.305 e. The van der Waals surface area contributed by atoms with Gasteiger partial charge in [-0.15, -0.1) is 0 Å². The van der Waals surface area contributed by atoms with Crippen LogP contribution < -0.4 is 43.8 Å². The summed E-state index contributed by atoms with van der Waals surface area (Å²) in [6, 6.07) is 0.627. The number of unbranched alkanes of at least 4 members (excludes halogenated alkanes) is 1. The van der Waals surface area contributed by atoms with E-state index >= 15 is 0 Å². The third kappa shape index (κ3) is 12.5. The van der Waals surface area contributed by atoms with Gasteiger partial charge in [0.05, 0.1) is 13.0 Å². The quantitative estimate of drug-likeness (QED) is 0.0626. The number of carboxylic acid groups (broad SMARTS) is 1. The predicted octanol–water partition coefficient (Wildman–Crippen LogP) is -3.34. The maximum Gasteiger partial charge on any atom is 0.305 e. The third-order valence-electron chi connectivity index (χ3n) is 6.62. The molecule has 1 fully saturated rings. The monoisotopic (exact) mass is 619 g/mol. The first kappa shape index (κ1) is 35.3. The van der Waals surface area contributed by atoms with E-state index in [0.29, 0.717) is 24.9 Å². The lowest BCUT2D eigenvalue weighted by atomic mass is 10.0. The minimum atomic E-state index is -1.59. The largest absolute Gasteiger partial charge is 0.508 e. The van der Waals surface area contributed by atoms with E-state index in [4.69, 9.17) is 17.2 Å². The summed E-state index contributed by atoms with van der Waals surface area (Å²) in [4.78, 5) is 81.2. The molecule has 2 rings (SSSR count). The Morgan fingerprint density at radius 1 is 0.795 bits per heavy atom. The van der Waals surface area contributed by atoms with Gasteiger partial charge in [-0.1, -0.05) is 12.1 Å². The van der Waals surface area contributed by atoms with Crippen molar-refractivity contribution >= 4 is 41.5 Å². The van der Waals surface area contributed by atoms with Gasteiger partial charge in [-0.3, -0.25) is 33.8 Å². The predicted molar refractivity (Wildman–Crippen MR) is 158 cm³/mol. The SMILES string of the molecule is NCCCC[C@H]1NC(=O)[C@H](Cc2ccc(O)cc2)NC(=O)[C@@H](CC(=O)O)NC(=O)CNC(=O)[C@@H](CCCN=C(N)N)NC1=O.